The van der Waals surface area contributed by atoms with Gasteiger partial charge in [0.25, 0.3) is 0 Å². The Hall–Kier alpha value is -2.18. The van der Waals surface area contributed by atoms with Crippen LogP contribution in [0.5, 0.6) is 0 Å². The van der Waals surface area contributed by atoms with Gasteiger partial charge >= 0.3 is 0 Å². The molecule has 0 saturated carbocycles. The normalized spacial score (nSPS) is 19.8. The van der Waals surface area contributed by atoms with Crippen LogP contribution in [0.15, 0.2) is 36.5 Å². The summed E-state index contributed by atoms with van der Waals surface area (Å²) in [6, 6.07) is 10.5. The van der Waals surface area contributed by atoms with Gasteiger partial charge in [-0.2, -0.15) is 5.10 Å². The predicted molar refractivity (Wildman–Crippen MR) is 83.3 cm³/mol. The number of H-pyrrole nitrogens is 1. The Bertz CT molecular complexity index is 764. The van der Waals surface area contributed by atoms with Crippen molar-refractivity contribution in [2.45, 2.75) is 12.6 Å². The standard InChI is InChI=1S/C16H19N5O/c1-20-14-5-3-2-4-12(14)18-16(20)10-21-8-9-22-11-15(21)13-6-7-17-19-13/h2-7,15H,8-11H2,1H3,(H,17,19)/t15-/m1/s1. The zero-order valence-electron chi connectivity index (χ0n) is 12.6. The average Bonchev–Trinajstić information content (AvgIpc) is 3.18. The SMILES string of the molecule is Cn1c(CN2CCOC[C@@H]2c2ccn[nH]2)nc2ccccc21. The minimum absolute atomic E-state index is 0.205. The van der Waals surface area contributed by atoms with E-state index in [4.69, 9.17) is 9.72 Å². The van der Waals surface area contributed by atoms with Crippen molar-refractivity contribution in [1.29, 1.82) is 0 Å². The van der Waals surface area contributed by atoms with Gasteiger partial charge in [-0.05, 0) is 18.2 Å². The highest BCUT2D eigenvalue weighted by molar-refractivity contribution is 5.75. The van der Waals surface area contributed by atoms with Crippen LogP contribution in [0, 0.1) is 0 Å². The fourth-order valence-electron chi connectivity index (χ4n) is 3.08. The van der Waals surface area contributed by atoms with Gasteiger partial charge in [-0.1, -0.05) is 12.1 Å². The highest BCUT2D eigenvalue weighted by atomic mass is 16.5. The maximum Gasteiger partial charge on any atom is 0.123 e. The molecule has 2 aromatic heterocycles. The summed E-state index contributed by atoms with van der Waals surface area (Å²) in [7, 11) is 2.08. The lowest BCUT2D eigenvalue weighted by molar-refractivity contribution is -0.0156. The average molecular weight is 297 g/mol. The van der Waals surface area contributed by atoms with Crippen molar-refractivity contribution < 1.29 is 4.74 Å². The van der Waals surface area contributed by atoms with E-state index in [2.05, 4.69) is 44.9 Å². The van der Waals surface area contributed by atoms with Crippen molar-refractivity contribution in [3.63, 3.8) is 0 Å². The number of nitrogens with zero attached hydrogens (tertiary/aromatic N) is 4. The van der Waals surface area contributed by atoms with Crippen LogP contribution in [0.4, 0.5) is 0 Å². The van der Waals surface area contributed by atoms with Gasteiger partial charge in [0, 0.05) is 19.8 Å². The van der Waals surface area contributed by atoms with Gasteiger partial charge in [-0.25, -0.2) is 4.98 Å². The number of aryl methyl sites for hydroxylation is 1. The number of nitrogens with one attached hydrogen (secondary N) is 1. The number of morpholine rings is 1. The molecule has 0 spiro atoms. The summed E-state index contributed by atoms with van der Waals surface area (Å²) in [6.45, 7) is 3.14. The number of para-hydroxylation sites is 2. The molecule has 114 valence electrons. The number of ether oxygens (including phenoxy) is 1. The molecule has 1 aromatic carbocycles. The van der Waals surface area contributed by atoms with E-state index in [1.165, 1.54) is 5.52 Å². The monoisotopic (exact) mass is 297 g/mol. The van der Waals surface area contributed by atoms with Crippen LogP contribution in [0.2, 0.25) is 0 Å². The molecule has 6 heteroatoms. The zero-order chi connectivity index (χ0) is 14.9. The molecule has 22 heavy (non-hydrogen) atoms. The number of imidazole rings is 1. The molecule has 0 unspecified atom stereocenters. The van der Waals surface area contributed by atoms with Crippen molar-refractivity contribution >= 4 is 11.0 Å². The third-order valence-electron chi connectivity index (χ3n) is 4.34. The third kappa shape index (κ3) is 2.30. The van der Waals surface area contributed by atoms with Crippen molar-refractivity contribution in [2.24, 2.45) is 7.05 Å². The summed E-state index contributed by atoms with van der Waals surface area (Å²) in [6.07, 6.45) is 1.79. The molecule has 0 amide bonds. The van der Waals surface area contributed by atoms with Crippen molar-refractivity contribution in [2.75, 3.05) is 19.8 Å². The van der Waals surface area contributed by atoms with E-state index >= 15 is 0 Å². The lowest BCUT2D eigenvalue weighted by atomic mass is 10.1. The van der Waals surface area contributed by atoms with E-state index in [0.717, 1.165) is 36.7 Å². The lowest BCUT2D eigenvalue weighted by Gasteiger charge is -2.34. The van der Waals surface area contributed by atoms with Crippen LogP contribution in [-0.4, -0.2) is 44.4 Å². The maximum atomic E-state index is 5.65. The first-order chi connectivity index (χ1) is 10.8. The van der Waals surface area contributed by atoms with Crippen molar-refractivity contribution in [1.82, 2.24) is 24.6 Å². The molecule has 0 aliphatic carbocycles. The van der Waals surface area contributed by atoms with Gasteiger partial charge < -0.3 is 9.30 Å². The van der Waals surface area contributed by atoms with E-state index in [9.17, 15) is 0 Å². The first-order valence-corrected chi connectivity index (χ1v) is 7.54. The highest BCUT2D eigenvalue weighted by Crippen LogP contribution is 2.25. The molecular formula is C16H19N5O. The number of benzene rings is 1. The zero-order valence-corrected chi connectivity index (χ0v) is 12.6. The van der Waals surface area contributed by atoms with Gasteiger partial charge in [0.1, 0.15) is 5.82 Å². The Labute approximate surface area is 128 Å². The molecule has 3 heterocycles. The van der Waals surface area contributed by atoms with Crippen molar-refractivity contribution in [3.05, 3.63) is 48.0 Å². The maximum absolute atomic E-state index is 5.65. The van der Waals surface area contributed by atoms with Gasteiger partial charge in [0.05, 0.1) is 42.5 Å². The number of hydrogen-bond donors (Lipinski definition) is 1. The second-order valence-corrected chi connectivity index (χ2v) is 5.65. The molecule has 4 rings (SSSR count). The van der Waals surface area contributed by atoms with Gasteiger partial charge in [-0.15, -0.1) is 0 Å². The van der Waals surface area contributed by atoms with Crippen molar-refractivity contribution in [3.8, 4) is 0 Å². The second kappa shape index (κ2) is 5.55. The summed E-state index contributed by atoms with van der Waals surface area (Å²) >= 11 is 0. The van der Waals surface area contributed by atoms with Crippen LogP contribution in [0.25, 0.3) is 11.0 Å². The molecule has 1 atom stereocenters. The second-order valence-electron chi connectivity index (χ2n) is 5.65. The Morgan fingerprint density at radius 1 is 1.32 bits per heavy atom. The fourth-order valence-corrected chi connectivity index (χ4v) is 3.08. The van der Waals surface area contributed by atoms with E-state index in [0.29, 0.717) is 6.61 Å². The Morgan fingerprint density at radius 3 is 3.05 bits per heavy atom. The van der Waals surface area contributed by atoms with Gasteiger partial charge in [-0.3, -0.25) is 10.00 Å². The van der Waals surface area contributed by atoms with Gasteiger partial charge in [0.15, 0.2) is 0 Å². The van der Waals surface area contributed by atoms with E-state index in [1.807, 2.05) is 12.1 Å². The number of aromatic nitrogens is 4. The van der Waals surface area contributed by atoms with Crippen LogP contribution in [0.1, 0.15) is 17.6 Å². The topological polar surface area (TPSA) is 59.0 Å². The number of rotatable bonds is 3. The highest BCUT2D eigenvalue weighted by Gasteiger charge is 2.27. The number of hydrogen-bond acceptors (Lipinski definition) is 4. The molecule has 1 aliphatic rings. The van der Waals surface area contributed by atoms with Crippen LogP contribution in [-0.2, 0) is 18.3 Å². The lowest BCUT2D eigenvalue weighted by Crippen LogP contribution is -2.39. The molecule has 1 fully saturated rings. The summed E-state index contributed by atoms with van der Waals surface area (Å²) in [5.74, 6) is 1.08. The first kappa shape index (κ1) is 13.5. The van der Waals surface area contributed by atoms with Crippen LogP contribution in [0.3, 0.4) is 0 Å². The van der Waals surface area contributed by atoms with E-state index in [1.54, 1.807) is 6.20 Å². The van der Waals surface area contributed by atoms with E-state index in [-0.39, 0.29) is 6.04 Å². The minimum Gasteiger partial charge on any atom is -0.378 e. The largest absolute Gasteiger partial charge is 0.378 e. The quantitative estimate of drug-likeness (QED) is 0.802. The summed E-state index contributed by atoms with van der Waals surface area (Å²) in [5, 5.41) is 7.13. The fraction of sp³-hybridized carbons (Fsp3) is 0.375. The van der Waals surface area contributed by atoms with E-state index < -0.39 is 0 Å². The minimum atomic E-state index is 0.205. The molecule has 1 aliphatic heterocycles. The number of fused-ring (bicyclic) bond motifs is 1. The third-order valence-corrected chi connectivity index (χ3v) is 4.34. The van der Waals surface area contributed by atoms with Crippen LogP contribution < -0.4 is 0 Å². The molecular weight excluding hydrogens is 278 g/mol. The molecule has 0 radical (unpaired) electrons. The van der Waals surface area contributed by atoms with Crippen LogP contribution >= 0.6 is 0 Å². The number of aromatic amines is 1. The first-order valence-electron chi connectivity index (χ1n) is 7.54. The summed E-state index contributed by atoms with van der Waals surface area (Å²) < 4.78 is 7.82. The molecule has 1 N–H and O–H groups in total. The van der Waals surface area contributed by atoms with Gasteiger partial charge in [0.2, 0.25) is 0 Å². The Morgan fingerprint density at radius 2 is 2.23 bits per heavy atom. The smallest absolute Gasteiger partial charge is 0.123 e. The summed E-state index contributed by atoms with van der Waals surface area (Å²) in [5.41, 5.74) is 3.31. The Balaban J connectivity index is 1.64. The molecule has 0 bridgehead atoms. The Kier molecular flexibility index (Phi) is 3.40. The molecule has 1 saturated heterocycles. The molecule has 3 aromatic rings. The summed E-state index contributed by atoms with van der Waals surface area (Å²) in [4.78, 5) is 7.18. The predicted octanol–water partition coefficient (Wildman–Crippen LogP) is 1.87. The molecule has 6 nitrogen and oxygen atoms in total.